The molecule has 0 saturated heterocycles. The van der Waals surface area contributed by atoms with E-state index in [0.29, 0.717) is 12.1 Å². The number of hydrogen-bond acceptors (Lipinski definition) is 3. The fraction of sp³-hybridized carbons (Fsp3) is 0.167. The van der Waals surface area contributed by atoms with E-state index < -0.39 is 0 Å². The van der Waals surface area contributed by atoms with Gasteiger partial charge in [-0.25, -0.2) is 9.37 Å². The lowest BCUT2D eigenvalue weighted by molar-refractivity contribution is 0.0951. The Labute approximate surface area is 116 Å². The number of amides is 1. The molecular weight excluding hydrogens is 319 g/mol. The lowest BCUT2D eigenvalue weighted by atomic mass is 10.2. The predicted octanol–water partition coefficient (Wildman–Crippen LogP) is 3.28. The Kier molecular flexibility index (Phi) is 4.08. The third-order valence-corrected chi connectivity index (χ3v) is 3.79. The van der Waals surface area contributed by atoms with Crippen molar-refractivity contribution in [3.05, 3.63) is 50.1 Å². The third-order valence-electron chi connectivity index (χ3n) is 2.27. The second-order valence-electron chi connectivity index (χ2n) is 3.66. The predicted molar refractivity (Wildman–Crippen MR) is 72.1 cm³/mol. The minimum Gasteiger partial charge on any atom is -0.347 e. The Morgan fingerprint density at radius 3 is 2.94 bits per heavy atom. The topological polar surface area (TPSA) is 42.0 Å². The molecular formula is C12H10BrFN2OS. The average Bonchev–Trinajstić information content (AvgIpc) is 2.75. The Balaban J connectivity index is 2.01. The molecule has 1 aromatic heterocycles. The van der Waals surface area contributed by atoms with Crippen LogP contribution in [0.1, 0.15) is 20.2 Å². The molecule has 0 aliphatic rings. The minimum absolute atomic E-state index is 0.234. The van der Waals surface area contributed by atoms with Gasteiger partial charge in [0.25, 0.3) is 5.91 Å². The van der Waals surface area contributed by atoms with Crippen LogP contribution in [-0.4, -0.2) is 10.9 Å². The molecule has 3 nitrogen and oxygen atoms in total. The van der Waals surface area contributed by atoms with Crippen LogP contribution >= 0.6 is 27.3 Å². The molecule has 0 aliphatic heterocycles. The van der Waals surface area contributed by atoms with Gasteiger partial charge in [0.1, 0.15) is 5.82 Å². The number of thiazole rings is 1. The molecule has 1 N–H and O–H groups in total. The standard InChI is InChI=1S/C12H10BrFN2OS/c1-7-15-5-9(18-7)6-16-12(17)8-2-3-11(14)10(13)4-8/h2-5H,6H2,1H3,(H,16,17). The van der Waals surface area contributed by atoms with E-state index in [0.717, 1.165) is 9.88 Å². The fourth-order valence-corrected chi connectivity index (χ4v) is 2.51. The molecule has 0 saturated carbocycles. The number of carbonyl (C=O) groups is 1. The summed E-state index contributed by atoms with van der Waals surface area (Å²) in [5, 5.41) is 3.73. The van der Waals surface area contributed by atoms with Gasteiger partial charge in [-0.1, -0.05) is 0 Å². The van der Waals surface area contributed by atoms with Gasteiger partial charge in [0.2, 0.25) is 0 Å². The molecule has 0 radical (unpaired) electrons. The van der Waals surface area contributed by atoms with E-state index in [4.69, 9.17) is 0 Å². The summed E-state index contributed by atoms with van der Waals surface area (Å²) >= 11 is 4.59. The van der Waals surface area contributed by atoms with E-state index in [1.807, 2.05) is 6.92 Å². The van der Waals surface area contributed by atoms with Crippen LogP contribution in [0.3, 0.4) is 0 Å². The second kappa shape index (κ2) is 5.58. The monoisotopic (exact) mass is 328 g/mol. The Morgan fingerprint density at radius 2 is 2.33 bits per heavy atom. The molecule has 18 heavy (non-hydrogen) atoms. The number of rotatable bonds is 3. The molecule has 0 spiro atoms. The summed E-state index contributed by atoms with van der Waals surface area (Å²) < 4.78 is 13.3. The molecule has 1 aromatic carbocycles. The SMILES string of the molecule is Cc1ncc(CNC(=O)c2ccc(F)c(Br)c2)s1. The van der Waals surface area contributed by atoms with Crippen molar-refractivity contribution < 1.29 is 9.18 Å². The number of aryl methyl sites for hydroxylation is 1. The largest absolute Gasteiger partial charge is 0.347 e. The molecule has 1 heterocycles. The van der Waals surface area contributed by atoms with Gasteiger partial charge < -0.3 is 5.32 Å². The maximum absolute atomic E-state index is 13.0. The van der Waals surface area contributed by atoms with Gasteiger partial charge in [0.15, 0.2) is 0 Å². The summed E-state index contributed by atoms with van der Waals surface area (Å²) in [5.74, 6) is -0.619. The number of nitrogens with one attached hydrogen (secondary N) is 1. The summed E-state index contributed by atoms with van der Waals surface area (Å²) in [7, 11) is 0. The van der Waals surface area contributed by atoms with Gasteiger partial charge in [-0.15, -0.1) is 11.3 Å². The van der Waals surface area contributed by atoms with Crippen molar-refractivity contribution in [2.24, 2.45) is 0 Å². The van der Waals surface area contributed by atoms with Gasteiger partial charge in [-0.2, -0.15) is 0 Å². The van der Waals surface area contributed by atoms with E-state index in [1.54, 1.807) is 6.20 Å². The molecule has 0 unspecified atom stereocenters. The maximum Gasteiger partial charge on any atom is 0.251 e. The fourth-order valence-electron chi connectivity index (χ4n) is 1.39. The van der Waals surface area contributed by atoms with Crippen LogP contribution in [0.4, 0.5) is 4.39 Å². The number of aromatic nitrogens is 1. The van der Waals surface area contributed by atoms with Crippen molar-refractivity contribution in [1.29, 1.82) is 0 Å². The van der Waals surface area contributed by atoms with E-state index >= 15 is 0 Å². The summed E-state index contributed by atoms with van der Waals surface area (Å²) in [6.45, 7) is 2.34. The number of benzene rings is 1. The van der Waals surface area contributed by atoms with Crippen molar-refractivity contribution >= 4 is 33.2 Å². The lowest BCUT2D eigenvalue weighted by Crippen LogP contribution is -2.22. The van der Waals surface area contributed by atoms with Gasteiger partial charge in [-0.3, -0.25) is 4.79 Å². The van der Waals surface area contributed by atoms with Crippen LogP contribution in [0.2, 0.25) is 0 Å². The van der Waals surface area contributed by atoms with E-state index in [1.165, 1.54) is 29.5 Å². The van der Waals surface area contributed by atoms with Crippen LogP contribution < -0.4 is 5.32 Å². The number of hydrogen-bond donors (Lipinski definition) is 1. The zero-order valence-electron chi connectivity index (χ0n) is 9.54. The average molecular weight is 329 g/mol. The maximum atomic E-state index is 13.0. The molecule has 0 atom stereocenters. The highest BCUT2D eigenvalue weighted by Gasteiger charge is 2.08. The molecule has 1 amide bonds. The first-order valence-electron chi connectivity index (χ1n) is 5.21. The quantitative estimate of drug-likeness (QED) is 0.939. The highest BCUT2D eigenvalue weighted by molar-refractivity contribution is 9.10. The summed E-state index contributed by atoms with van der Waals surface area (Å²) in [6.07, 6.45) is 1.74. The van der Waals surface area contributed by atoms with Crippen molar-refractivity contribution in [1.82, 2.24) is 10.3 Å². The molecule has 0 bridgehead atoms. The van der Waals surface area contributed by atoms with Gasteiger partial charge in [-0.05, 0) is 41.1 Å². The Bertz CT molecular complexity index is 585. The summed E-state index contributed by atoms with van der Waals surface area (Å²) in [5.41, 5.74) is 0.421. The molecule has 6 heteroatoms. The zero-order valence-corrected chi connectivity index (χ0v) is 11.9. The normalized spacial score (nSPS) is 10.4. The minimum atomic E-state index is -0.385. The van der Waals surface area contributed by atoms with Gasteiger partial charge >= 0.3 is 0 Å². The van der Waals surface area contributed by atoms with Gasteiger partial charge in [0, 0.05) is 16.6 Å². The van der Waals surface area contributed by atoms with Crippen molar-refractivity contribution in [3.63, 3.8) is 0 Å². The van der Waals surface area contributed by atoms with Crippen molar-refractivity contribution in [2.75, 3.05) is 0 Å². The smallest absolute Gasteiger partial charge is 0.251 e. The van der Waals surface area contributed by atoms with Crippen molar-refractivity contribution in [2.45, 2.75) is 13.5 Å². The molecule has 2 aromatic rings. The summed E-state index contributed by atoms with van der Waals surface area (Å²) in [4.78, 5) is 16.9. The van der Waals surface area contributed by atoms with Crippen LogP contribution in [0, 0.1) is 12.7 Å². The highest BCUT2D eigenvalue weighted by Crippen LogP contribution is 2.17. The summed E-state index contributed by atoms with van der Waals surface area (Å²) in [6, 6.07) is 4.17. The lowest BCUT2D eigenvalue weighted by Gasteiger charge is -2.04. The number of carbonyl (C=O) groups excluding carboxylic acids is 1. The van der Waals surface area contributed by atoms with Crippen LogP contribution in [-0.2, 0) is 6.54 Å². The van der Waals surface area contributed by atoms with Crippen LogP contribution in [0.15, 0.2) is 28.9 Å². The van der Waals surface area contributed by atoms with E-state index in [2.05, 4.69) is 26.2 Å². The first-order valence-corrected chi connectivity index (χ1v) is 6.82. The highest BCUT2D eigenvalue weighted by atomic mass is 79.9. The zero-order chi connectivity index (χ0) is 13.1. The van der Waals surface area contributed by atoms with Gasteiger partial charge in [0.05, 0.1) is 16.0 Å². The number of halogens is 2. The Morgan fingerprint density at radius 1 is 1.56 bits per heavy atom. The second-order valence-corrected chi connectivity index (χ2v) is 5.83. The first-order chi connectivity index (χ1) is 8.56. The molecule has 0 aliphatic carbocycles. The third kappa shape index (κ3) is 3.14. The van der Waals surface area contributed by atoms with E-state index in [9.17, 15) is 9.18 Å². The van der Waals surface area contributed by atoms with Crippen LogP contribution in [0.5, 0.6) is 0 Å². The van der Waals surface area contributed by atoms with Crippen molar-refractivity contribution in [3.8, 4) is 0 Å². The Hall–Kier alpha value is -1.27. The van der Waals surface area contributed by atoms with Crippen LogP contribution in [0.25, 0.3) is 0 Å². The molecule has 94 valence electrons. The number of nitrogens with zero attached hydrogens (tertiary/aromatic N) is 1. The molecule has 2 rings (SSSR count). The molecule has 0 fully saturated rings. The first kappa shape index (κ1) is 13.2. The van der Waals surface area contributed by atoms with E-state index in [-0.39, 0.29) is 16.2 Å².